The Labute approximate surface area is 160 Å². The molecule has 2 aromatic rings. The highest BCUT2D eigenvalue weighted by Gasteiger charge is 2.23. The second-order valence-electron chi connectivity index (χ2n) is 9.05. The van der Waals surface area contributed by atoms with E-state index in [1.165, 1.54) is 0 Å². The van der Waals surface area contributed by atoms with Crippen LogP contribution in [0.4, 0.5) is 0 Å². The SMILES string of the molecule is CC(C)(C)c1ccc(Cc2ccc(C(C)(C)C)c(C(=O)O)c2)cc1C(=O)O. The van der Waals surface area contributed by atoms with Crippen LogP contribution in [-0.2, 0) is 17.3 Å². The van der Waals surface area contributed by atoms with Crippen molar-refractivity contribution in [3.8, 4) is 0 Å². The van der Waals surface area contributed by atoms with Gasteiger partial charge in [0.1, 0.15) is 0 Å². The molecular weight excluding hydrogens is 340 g/mol. The molecule has 0 aromatic heterocycles. The molecule has 0 unspecified atom stereocenters. The van der Waals surface area contributed by atoms with Gasteiger partial charge in [-0.25, -0.2) is 9.59 Å². The summed E-state index contributed by atoms with van der Waals surface area (Å²) in [6.07, 6.45) is 0.482. The molecule has 27 heavy (non-hydrogen) atoms. The van der Waals surface area contributed by atoms with Gasteiger partial charge in [-0.15, -0.1) is 0 Å². The molecule has 0 aliphatic carbocycles. The highest BCUT2D eigenvalue weighted by molar-refractivity contribution is 5.91. The van der Waals surface area contributed by atoms with Gasteiger partial charge in [-0.2, -0.15) is 0 Å². The third-order valence-corrected chi connectivity index (χ3v) is 4.65. The first-order valence-corrected chi connectivity index (χ1v) is 9.04. The Hall–Kier alpha value is -2.62. The Morgan fingerprint density at radius 3 is 1.30 bits per heavy atom. The van der Waals surface area contributed by atoms with Crippen molar-refractivity contribution in [2.45, 2.75) is 58.8 Å². The Kier molecular flexibility index (Phi) is 5.50. The molecule has 0 saturated heterocycles. The lowest BCUT2D eigenvalue weighted by Gasteiger charge is -2.23. The van der Waals surface area contributed by atoms with Gasteiger partial charge in [0.15, 0.2) is 0 Å². The predicted molar refractivity (Wildman–Crippen MR) is 107 cm³/mol. The van der Waals surface area contributed by atoms with E-state index >= 15 is 0 Å². The van der Waals surface area contributed by atoms with Crippen LogP contribution in [0.25, 0.3) is 0 Å². The molecule has 0 aliphatic rings. The van der Waals surface area contributed by atoms with Crippen LogP contribution in [-0.4, -0.2) is 22.2 Å². The fourth-order valence-corrected chi connectivity index (χ4v) is 3.30. The van der Waals surface area contributed by atoms with E-state index in [1.807, 2.05) is 65.8 Å². The van der Waals surface area contributed by atoms with E-state index in [-0.39, 0.29) is 10.8 Å². The molecule has 0 radical (unpaired) electrons. The van der Waals surface area contributed by atoms with Crippen molar-refractivity contribution >= 4 is 11.9 Å². The Morgan fingerprint density at radius 2 is 1.04 bits per heavy atom. The standard InChI is InChI=1S/C23H28O4/c1-22(2,3)18-9-7-14(12-16(18)20(24)25)11-15-8-10-19(23(4,5)6)17(13-15)21(26)27/h7-10,12-13H,11H2,1-6H3,(H,24,25)(H,26,27). The number of carboxylic acid groups (broad SMARTS) is 2. The molecule has 0 heterocycles. The van der Waals surface area contributed by atoms with E-state index in [4.69, 9.17) is 0 Å². The summed E-state index contributed by atoms with van der Waals surface area (Å²) in [4.78, 5) is 23.4. The van der Waals surface area contributed by atoms with Crippen molar-refractivity contribution in [1.82, 2.24) is 0 Å². The maximum atomic E-state index is 11.7. The number of rotatable bonds is 4. The van der Waals surface area contributed by atoms with Crippen molar-refractivity contribution in [2.75, 3.05) is 0 Å². The molecule has 0 atom stereocenters. The molecule has 0 bridgehead atoms. The van der Waals surface area contributed by atoms with Crippen LogP contribution < -0.4 is 0 Å². The number of hydrogen-bond acceptors (Lipinski definition) is 2. The zero-order valence-electron chi connectivity index (χ0n) is 16.9. The van der Waals surface area contributed by atoms with Crippen LogP contribution >= 0.6 is 0 Å². The van der Waals surface area contributed by atoms with Gasteiger partial charge >= 0.3 is 11.9 Å². The Balaban J connectivity index is 2.46. The lowest BCUT2D eigenvalue weighted by Crippen LogP contribution is -2.18. The van der Waals surface area contributed by atoms with Gasteiger partial charge in [0.2, 0.25) is 0 Å². The van der Waals surface area contributed by atoms with E-state index < -0.39 is 11.9 Å². The van der Waals surface area contributed by atoms with Crippen molar-refractivity contribution in [1.29, 1.82) is 0 Å². The minimum atomic E-state index is -0.948. The number of carboxylic acids is 2. The molecule has 0 aliphatic heterocycles. The van der Waals surface area contributed by atoms with Crippen molar-refractivity contribution in [3.63, 3.8) is 0 Å². The molecule has 0 fully saturated rings. The van der Waals surface area contributed by atoms with Crippen LogP contribution in [0.1, 0.15) is 84.5 Å². The van der Waals surface area contributed by atoms with E-state index in [1.54, 1.807) is 12.1 Å². The van der Waals surface area contributed by atoms with Crippen LogP contribution in [0.2, 0.25) is 0 Å². The summed E-state index contributed by atoms with van der Waals surface area (Å²) >= 11 is 0. The first-order chi connectivity index (χ1) is 12.3. The maximum absolute atomic E-state index is 11.7. The molecule has 4 heteroatoms. The minimum Gasteiger partial charge on any atom is -0.478 e. The number of aromatic carboxylic acids is 2. The molecule has 4 nitrogen and oxygen atoms in total. The van der Waals surface area contributed by atoms with E-state index in [0.29, 0.717) is 17.5 Å². The summed E-state index contributed by atoms with van der Waals surface area (Å²) in [5.74, 6) is -1.90. The lowest BCUT2D eigenvalue weighted by molar-refractivity contribution is 0.0683. The fourth-order valence-electron chi connectivity index (χ4n) is 3.30. The fraction of sp³-hybridized carbons (Fsp3) is 0.391. The van der Waals surface area contributed by atoms with Gasteiger partial charge in [-0.3, -0.25) is 0 Å². The third kappa shape index (κ3) is 4.76. The van der Waals surface area contributed by atoms with E-state index in [2.05, 4.69) is 0 Å². The van der Waals surface area contributed by atoms with Gasteiger partial charge in [0.05, 0.1) is 11.1 Å². The molecule has 144 valence electrons. The van der Waals surface area contributed by atoms with Crippen LogP contribution in [0, 0.1) is 0 Å². The normalized spacial score (nSPS) is 12.1. The summed E-state index contributed by atoms with van der Waals surface area (Å²) in [6.45, 7) is 11.9. The largest absolute Gasteiger partial charge is 0.478 e. The lowest BCUT2D eigenvalue weighted by atomic mass is 9.81. The molecule has 0 saturated carbocycles. The first-order valence-electron chi connectivity index (χ1n) is 9.04. The predicted octanol–water partition coefficient (Wildman–Crippen LogP) is 5.27. The van der Waals surface area contributed by atoms with Crippen molar-refractivity contribution in [2.24, 2.45) is 0 Å². The van der Waals surface area contributed by atoms with Crippen LogP contribution in [0.3, 0.4) is 0 Å². The zero-order valence-corrected chi connectivity index (χ0v) is 16.9. The van der Waals surface area contributed by atoms with Gasteiger partial charge < -0.3 is 10.2 Å². The quantitative estimate of drug-likeness (QED) is 0.771. The van der Waals surface area contributed by atoms with E-state index in [0.717, 1.165) is 22.3 Å². The second-order valence-corrected chi connectivity index (χ2v) is 9.05. The van der Waals surface area contributed by atoms with Crippen LogP contribution in [0.5, 0.6) is 0 Å². The van der Waals surface area contributed by atoms with Gasteiger partial charge in [-0.1, -0.05) is 65.8 Å². The summed E-state index contributed by atoms with van der Waals surface area (Å²) in [5.41, 5.74) is 3.32. The zero-order chi connectivity index (χ0) is 20.6. The summed E-state index contributed by atoms with van der Waals surface area (Å²) < 4.78 is 0. The van der Waals surface area contributed by atoms with Crippen LogP contribution in [0.15, 0.2) is 36.4 Å². The van der Waals surface area contributed by atoms with Crippen molar-refractivity contribution < 1.29 is 19.8 Å². The average molecular weight is 368 g/mol. The molecule has 2 rings (SSSR count). The Bertz CT molecular complexity index is 807. The maximum Gasteiger partial charge on any atom is 0.335 e. The number of carbonyl (C=O) groups is 2. The van der Waals surface area contributed by atoms with Crippen molar-refractivity contribution in [3.05, 3.63) is 69.8 Å². The van der Waals surface area contributed by atoms with Gasteiger partial charge in [0, 0.05) is 0 Å². The second kappa shape index (κ2) is 7.18. The number of hydrogen-bond donors (Lipinski definition) is 2. The summed E-state index contributed by atoms with van der Waals surface area (Å²) in [5, 5.41) is 19.2. The monoisotopic (exact) mass is 368 g/mol. The number of benzene rings is 2. The molecule has 0 spiro atoms. The first kappa shape index (κ1) is 20.7. The highest BCUT2D eigenvalue weighted by atomic mass is 16.4. The molecule has 0 amide bonds. The third-order valence-electron chi connectivity index (χ3n) is 4.65. The van der Waals surface area contributed by atoms with Gasteiger partial charge in [-0.05, 0) is 51.6 Å². The minimum absolute atomic E-state index is 0.267. The molecular formula is C23H28O4. The van der Waals surface area contributed by atoms with Gasteiger partial charge in [0.25, 0.3) is 0 Å². The summed E-state index contributed by atoms with van der Waals surface area (Å²) in [6, 6.07) is 11.0. The topological polar surface area (TPSA) is 74.6 Å². The van der Waals surface area contributed by atoms with E-state index in [9.17, 15) is 19.8 Å². The molecule has 2 N–H and O–H groups in total. The highest BCUT2D eigenvalue weighted by Crippen LogP contribution is 2.29. The summed E-state index contributed by atoms with van der Waals surface area (Å²) in [7, 11) is 0. The smallest absolute Gasteiger partial charge is 0.335 e. The Morgan fingerprint density at radius 1 is 0.704 bits per heavy atom. The average Bonchev–Trinajstić information content (AvgIpc) is 2.52. The molecule has 2 aromatic carbocycles.